The molecular weight excluding hydrogens is 985 g/mol. The van der Waals surface area contributed by atoms with Crippen LogP contribution < -0.4 is 0 Å². The van der Waals surface area contributed by atoms with Crippen molar-refractivity contribution in [1.29, 1.82) is 0 Å². The zero-order valence-electron chi connectivity index (χ0n) is 52.6. The van der Waals surface area contributed by atoms with E-state index in [-0.39, 0.29) is 31.1 Å². The van der Waals surface area contributed by atoms with Crippen LogP contribution in [0.15, 0.2) is 109 Å². The predicted molar refractivity (Wildman–Crippen MR) is 348 cm³/mol. The lowest BCUT2D eigenvalue weighted by Gasteiger charge is -2.18. The van der Waals surface area contributed by atoms with E-state index in [9.17, 15) is 14.4 Å². The third-order valence-corrected chi connectivity index (χ3v) is 14.5. The molecule has 0 aromatic carbocycles. The molecule has 0 rings (SSSR count). The largest absolute Gasteiger partial charge is 0.462 e. The van der Waals surface area contributed by atoms with Crippen molar-refractivity contribution in [2.75, 3.05) is 13.2 Å². The number of carbonyl (C=O) groups excluding carboxylic acids is 3. The number of rotatable bonds is 61. The van der Waals surface area contributed by atoms with Gasteiger partial charge in [-0.1, -0.05) is 291 Å². The van der Waals surface area contributed by atoms with Gasteiger partial charge in [0, 0.05) is 19.3 Å². The molecule has 0 heterocycles. The smallest absolute Gasteiger partial charge is 0.306 e. The van der Waals surface area contributed by atoms with Gasteiger partial charge < -0.3 is 14.2 Å². The maximum Gasteiger partial charge on any atom is 0.306 e. The molecule has 0 aromatic rings. The summed E-state index contributed by atoms with van der Waals surface area (Å²) in [6.07, 6.45) is 92.4. The lowest BCUT2D eigenvalue weighted by atomic mass is 10.0. The molecule has 0 saturated heterocycles. The Bertz CT molecular complexity index is 1610. The summed E-state index contributed by atoms with van der Waals surface area (Å²) < 4.78 is 17.0. The summed E-state index contributed by atoms with van der Waals surface area (Å²) in [6, 6.07) is 0. The number of allylic oxidation sites excluding steroid dienone is 18. The zero-order chi connectivity index (χ0) is 57.8. The van der Waals surface area contributed by atoms with Gasteiger partial charge in [-0.2, -0.15) is 0 Å². The zero-order valence-corrected chi connectivity index (χ0v) is 52.6. The van der Waals surface area contributed by atoms with Crippen molar-refractivity contribution >= 4 is 17.9 Å². The molecule has 0 aliphatic carbocycles. The molecule has 80 heavy (non-hydrogen) atoms. The van der Waals surface area contributed by atoms with Gasteiger partial charge in [0.15, 0.2) is 6.10 Å². The monoisotopic (exact) mass is 1110 g/mol. The van der Waals surface area contributed by atoms with Crippen LogP contribution in [0.25, 0.3) is 0 Å². The second-order valence-electron chi connectivity index (χ2n) is 22.3. The second kappa shape index (κ2) is 67.6. The van der Waals surface area contributed by atoms with Gasteiger partial charge in [0.25, 0.3) is 0 Å². The molecule has 0 aromatic heterocycles. The molecule has 0 aliphatic rings. The molecule has 0 fully saturated rings. The van der Waals surface area contributed by atoms with Crippen molar-refractivity contribution in [2.24, 2.45) is 0 Å². The summed E-state index contributed by atoms with van der Waals surface area (Å²) in [5.41, 5.74) is 0. The minimum absolute atomic E-state index is 0.0843. The van der Waals surface area contributed by atoms with Gasteiger partial charge in [0.2, 0.25) is 0 Å². The first-order chi connectivity index (χ1) is 39.5. The molecule has 0 saturated carbocycles. The highest BCUT2D eigenvalue weighted by atomic mass is 16.6. The summed E-state index contributed by atoms with van der Waals surface area (Å²) in [4.78, 5) is 38.4. The van der Waals surface area contributed by atoms with Gasteiger partial charge in [-0.3, -0.25) is 14.4 Å². The number of unbranched alkanes of at least 4 members (excludes halogenated alkanes) is 32. The highest BCUT2D eigenvalue weighted by molar-refractivity contribution is 5.71. The minimum Gasteiger partial charge on any atom is -0.462 e. The molecule has 6 nitrogen and oxygen atoms in total. The second-order valence-corrected chi connectivity index (χ2v) is 22.3. The first-order valence-electron chi connectivity index (χ1n) is 33.9. The van der Waals surface area contributed by atoms with Crippen LogP contribution in [-0.2, 0) is 28.6 Å². The Morgan fingerprint density at radius 3 is 0.775 bits per heavy atom. The lowest BCUT2D eigenvalue weighted by molar-refractivity contribution is -0.167. The lowest BCUT2D eigenvalue weighted by Crippen LogP contribution is -2.30. The third-order valence-electron chi connectivity index (χ3n) is 14.5. The quantitative estimate of drug-likeness (QED) is 0.0261. The molecule has 6 heteroatoms. The predicted octanol–water partition coefficient (Wildman–Crippen LogP) is 23.4. The fourth-order valence-corrected chi connectivity index (χ4v) is 9.48. The summed E-state index contributed by atoms with van der Waals surface area (Å²) in [5, 5.41) is 0. The van der Waals surface area contributed by atoms with Crippen LogP contribution in [0.4, 0.5) is 0 Å². The Balaban J connectivity index is 4.30. The van der Waals surface area contributed by atoms with Crippen LogP contribution >= 0.6 is 0 Å². The van der Waals surface area contributed by atoms with Crippen LogP contribution in [0.3, 0.4) is 0 Å². The molecule has 0 N–H and O–H groups in total. The number of esters is 3. The Morgan fingerprint density at radius 1 is 0.263 bits per heavy atom. The van der Waals surface area contributed by atoms with E-state index >= 15 is 0 Å². The van der Waals surface area contributed by atoms with E-state index in [0.29, 0.717) is 19.3 Å². The SMILES string of the molecule is CC/C=C\C/C=C\C/C=C\C/C=C\C/C=C\CCCCCCCCCCCCCCCC(=O)OCC(COC(=O)CCCCCCC/C=C\CCCCCCCCC)OC(=O)CCCCCCCCC/C=C\C/C=C\C/C=C\CC. The van der Waals surface area contributed by atoms with E-state index in [0.717, 1.165) is 122 Å². The highest BCUT2D eigenvalue weighted by Crippen LogP contribution is 2.16. The number of hydrogen-bond donors (Lipinski definition) is 0. The van der Waals surface area contributed by atoms with E-state index in [1.807, 2.05) is 0 Å². The number of hydrogen-bond acceptors (Lipinski definition) is 6. The average Bonchev–Trinajstić information content (AvgIpc) is 3.46. The standard InChI is InChI=1S/C74H126O6/c1-4-7-10-13-16-19-22-25-28-31-32-33-34-35-36-37-38-39-40-41-42-44-46-49-52-55-58-61-64-67-73(76)79-70-71(69-78-72(75)66-63-60-57-54-51-48-45-30-27-24-21-18-15-12-9-6-3)80-74(77)68-65-62-59-56-53-50-47-43-29-26-23-20-17-14-11-8-5-2/h7-8,10-11,16-17,19-20,25-26,28-30,32-33,35-36,45,71H,4-6,9,12-15,18,21-24,27,31,34,37-44,46-70H2,1-3H3/b10-7-,11-8-,19-16-,20-17-,28-25-,29-26-,33-32-,36-35-,45-30-. The molecule has 0 amide bonds. The first kappa shape index (κ1) is 76.1. The van der Waals surface area contributed by atoms with Gasteiger partial charge >= 0.3 is 17.9 Å². The Morgan fingerprint density at radius 2 is 0.487 bits per heavy atom. The number of carbonyl (C=O) groups is 3. The summed E-state index contributed by atoms with van der Waals surface area (Å²) in [5.74, 6) is -0.892. The van der Waals surface area contributed by atoms with E-state index < -0.39 is 6.10 Å². The average molecular weight is 1110 g/mol. The molecular formula is C74H126O6. The molecule has 1 unspecified atom stereocenters. The van der Waals surface area contributed by atoms with Crippen LogP contribution in [0.2, 0.25) is 0 Å². The summed E-state index contributed by atoms with van der Waals surface area (Å²) in [6.45, 7) is 6.43. The van der Waals surface area contributed by atoms with E-state index in [1.54, 1.807) is 0 Å². The van der Waals surface area contributed by atoms with Crippen molar-refractivity contribution in [3.8, 4) is 0 Å². The molecule has 0 spiro atoms. The Labute approximate surface area is 495 Å². The summed E-state index contributed by atoms with van der Waals surface area (Å²) >= 11 is 0. The fraction of sp³-hybridized carbons (Fsp3) is 0.716. The summed E-state index contributed by atoms with van der Waals surface area (Å²) in [7, 11) is 0. The van der Waals surface area contributed by atoms with E-state index in [2.05, 4.69) is 130 Å². The maximum absolute atomic E-state index is 12.9. The minimum atomic E-state index is -0.789. The van der Waals surface area contributed by atoms with Gasteiger partial charge in [0.05, 0.1) is 0 Å². The molecule has 1 atom stereocenters. The van der Waals surface area contributed by atoms with Crippen molar-refractivity contribution in [2.45, 2.75) is 329 Å². The fourth-order valence-electron chi connectivity index (χ4n) is 9.48. The Hall–Kier alpha value is -3.93. The molecule has 0 aliphatic heterocycles. The molecule has 0 radical (unpaired) electrons. The maximum atomic E-state index is 12.9. The van der Waals surface area contributed by atoms with Gasteiger partial charge in [-0.05, 0) is 122 Å². The van der Waals surface area contributed by atoms with Crippen molar-refractivity contribution in [3.05, 3.63) is 109 Å². The normalized spacial score (nSPS) is 12.8. The third kappa shape index (κ3) is 64.9. The van der Waals surface area contributed by atoms with Crippen LogP contribution in [0, 0.1) is 0 Å². The van der Waals surface area contributed by atoms with Crippen molar-refractivity contribution < 1.29 is 28.6 Å². The van der Waals surface area contributed by atoms with Gasteiger partial charge in [-0.15, -0.1) is 0 Å². The first-order valence-corrected chi connectivity index (χ1v) is 33.9. The van der Waals surface area contributed by atoms with E-state index in [4.69, 9.17) is 14.2 Å². The van der Waals surface area contributed by atoms with Gasteiger partial charge in [0.1, 0.15) is 13.2 Å². The van der Waals surface area contributed by atoms with Crippen molar-refractivity contribution in [1.82, 2.24) is 0 Å². The van der Waals surface area contributed by atoms with Crippen molar-refractivity contribution in [3.63, 3.8) is 0 Å². The molecule has 458 valence electrons. The van der Waals surface area contributed by atoms with Crippen LogP contribution in [0.5, 0.6) is 0 Å². The number of ether oxygens (including phenoxy) is 3. The van der Waals surface area contributed by atoms with Gasteiger partial charge in [-0.25, -0.2) is 0 Å². The Kier molecular flexibility index (Phi) is 64.3. The van der Waals surface area contributed by atoms with Crippen LogP contribution in [0.1, 0.15) is 323 Å². The topological polar surface area (TPSA) is 78.9 Å². The molecule has 0 bridgehead atoms. The van der Waals surface area contributed by atoms with Crippen LogP contribution in [-0.4, -0.2) is 37.2 Å². The highest BCUT2D eigenvalue weighted by Gasteiger charge is 2.19. The van der Waals surface area contributed by atoms with E-state index in [1.165, 1.54) is 161 Å².